The summed E-state index contributed by atoms with van der Waals surface area (Å²) in [5, 5.41) is 21.0. The highest BCUT2D eigenvalue weighted by molar-refractivity contribution is 7.84. The molecule has 7 atom stereocenters. The maximum atomic E-state index is 13.0. The van der Waals surface area contributed by atoms with E-state index in [9.17, 15) is 36.4 Å². The summed E-state index contributed by atoms with van der Waals surface area (Å²) in [6.07, 6.45) is 5.97. The van der Waals surface area contributed by atoms with Gasteiger partial charge >= 0.3 is 12.1 Å². The minimum Gasteiger partial charge on any atom is -0.508 e. The largest absolute Gasteiger partial charge is 0.508 e. The predicted octanol–water partition coefficient (Wildman–Crippen LogP) is 8.68. The van der Waals surface area contributed by atoms with E-state index in [1.165, 1.54) is 11.1 Å². The van der Waals surface area contributed by atoms with Gasteiger partial charge in [-0.05, 0) is 104 Å². The van der Waals surface area contributed by atoms with Crippen LogP contribution in [0.2, 0.25) is 0 Å². The van der Waals surface area contributed by atoms with Crippen LogP contribution in [0.4, 0.5) is 22.0 Å². The molecule has 0 radical (unpaired) electrons. The zero-order valence-corrected chi connectivity index (χ0v) is 25.1. The monoisotopic (exact) mass is 606 g/mol. The van der Waals surface area contributed by atoms with Crippen LogP contribution in [0, 0.1) is 23.2 Å². The molecule has 2 N–H and O–H groups in total. The molecule has 4 rings (SSSR count). The lowest BCUT2D eigenvalue weighted by Crippen LogP contribution is -2.47. The number of benzene rings is 1. The fourth-order valence-corrected chi connectivity index (χ4v) is 9.48. The standard InChI is InChI=1S/C32H47F5O3S/c1-30-17-15-26-25-12-11-24(38)21-23(25)20-22(29(26)27(30)13-14-28(30)39)10-7-5-3-2-4-6-8-18-41(40)19-9-16-31(33,34)32(35,36)37/h11-12,21-22,26-29,38-39H,2-10,13-20H2,1H3/t22-,26-,27+,28-,29+,30-,41?/m0/s1. The molecule has 0 saturated heterocycles. The molecule has 0 aromatic heterocycles. The first kappa shape index (κ1) is 32.7. The highest BCUT2D eigenvalue weighted by atomic mass is 32.2. The zero-order chi connectivity index (χ0) is 29.8. The molecule has 2 fully saturated rings. The van der Waals surface area contributed by atoms with E-state index in [0.29, 0.717) is 41.6 Å². The molecule has 1 unspecified atom stereocenters. The molecule has 0 heterocycles. The summed E-state index contributed by atoms with van der Waals surface area (Å²) in [7, 11) is -1.35. The van der Waals surface area contributed by atoms with Crippen molar-refractivity contribution >= 4 is 10.8 Å². The molecule has 234 valence electrons. The van der Waals surface area contributed by atoms with E-state index in [1.807, 2.05) is 12.1 Å². The molecule has 2 saturated carbocycles. The molecule has 0 bridgehead atoms. The Labute approximate surface area is 244 Å². The van der Waals surface area contributed by atoms with Crippen molar-refractivity contribution in [3.63, 3.8) is 0 Å². The van der Waals surface area contributed by atoms with Crippen LogP contribution in [0.1, 0.15) is 114 Å². The van der Waals surface area contributed by atoms with Crippen molar-refractivity contribution in [2.45, 2.75) is 127 Å². The highest BCUT2D eigenvalue weighted by Crippen LogP contribution is 2.62. The lowest BCUT2D eigenvalue weighted by atomic mass is 9.52. The number of phenolic OH excluding ortho intramolecular Hbond substituents is 1. The second kappa shape index (κ2) is 13.6. The summed E-state index contributed by atoms with van der Waals surface area (Å²) >= 11 is 0. The van der Waals surface area contributed by atoms with Gasteiger partial charge < -0.3 is 10.2 Å². The molecular weight excluding hydrogens is 559 g/mol. The molecule has 9 heteroatoms. The van der Waals surface area contributed by atoms with Crippen molar-refractivity contribution in [3.8, 4) is 5.75 Å². The Balaban J connectivity index is 1.15. The predicted molar refractivity (Wildman–Crippen MR) is 153 cm³/mol. The van der Waals surface area contributed by atoms with Gasteiger partial charge in [0.25, 0.3) is 0 Å². The first-order valence-corrected chi connectivity index (χ1v) is 17.1. The maximum Gasteiger partial charge on any atom is 0.453 e. The average molecular weight is 607 g/mol. The molecular formula is C32H47F5O3S. The summed E-state index contributed by atoms with van der Waals surface area (Å²) in [5.74, 6) is -1.91. The summed E-state index contributed by atoms with van der Waals surface area (Å²) in [6.45, 7) is 2.30. The normalized spacial score (nSPS) is 30.5. The van der Waals surface area contributed by atoms with Gasteiger partial charge in [0, 0.05) is 28.7 Å². The Bertz CT molecular complexity index is 1030. The van der Waals surface area contributed by atoms with Crippen LogP contribution in [0.5, 0.6) is 5.75 Å². The van der Waals surface area contributed by atoms with Crippen molar-refractivity contribution < 1.29 is 36.4 Å². The third-order valence-electron chi connectivity index (χ3n) is 10.6. The van der Waals surface area contributed by atoms with Crippen LogP contribution >= 0.6 is 0 Å². The lowest BCUT2D eigenvalue weighted by Gasteiger charge is -2.53. The number of aliphatic hydroxyl groups is 1. The smallest absolute Gasteiger partial charge is 0.453 e. The second-order valence-corrected chi connectivity index (χ2v) is 14.9. The quantitative estimate of drug-likeness (QED) is 0.165. The number of phenols is 1. The Hall–Kier alpha value is -1.22. The van der Waals surface area contributed by atoms with E-state index in [4.69, 9.17) is 0 Å². The van der Waals surface area contributed by atoms with E-state index in [0.717, 1.165) is 77.0 Å². The molecule has 3 aliphatic rings. The third kappa shape index (κ3) is 7.66. The molecule has 3 aliphatic carbocycles. The molecule has 1 aromatic rings. The Morgan fingerprint density at radius 2 is 1.59 bits per heavy atom. The number of aromatic hydroxyl groups is 1. The SMILES string of the molecule is C[C@]12CC[C@H]3c4ccc(O)cc4C[C@H](CCCCCCCCCS(=O)CCCC(F)(F)C(F)(F)F)[C@H]3[C@H]1CC[C@@H]2O. The van der Waals surface area contributed by atoms with Crippen LogP contribution in [-0.2, 0) is 17.2 Å². The number of unbranched alkanes of at least 4 members (excludes halogenated alkanes) is 6. The molecule has 0 amide bonds. The summed E-state index contributed by atoms with van der Waals surface area (Å²) in [5.41, 5.74) is 2.73. The fraction of sp³-hybridized carbons (Fsp3) is 0.812. The van der Waals surface area contributed by atoms with Gasteiger partial charge in [-0.15, -0.1) is 0 Å². The van der Waals surface area contributed by atoms with Crippen molar-refractivity contribution in [2.24, 2.45) is 23.2 Å². The number of fused-ring (bicyclic) bond motifs is 5. The van der Waals surface area contributed by atoms with Crippen LogP contribution in [0.25, 0.3) is 0 Å². The summed E-state index contributed by atoms with van der Waals surface area (Å²) in [6, 6.07) is 5.92. The van der Waals surface area contributed by atoms with Gasteiger partial charge in [-0.25, -0.2) is 0 Å². The van der Waals surface area contributed by atoms with Crippen molar-refractivity contribution in [3.05, 3.63) is 29.3 Å². The molecule has 0 aliphatic heterocycles. The third-order valence-corrected chi connectivity index (χ3v) is 12.0. The molecule has 41 heavy (non-hydrogen) atoms. The number of aliphatic hydroxyl groups excluding tert-OH is 1. The second-order valence-electron chi connectivity index (χ2n) is 13.2. The minimum atomic E-state index is -5.54. The number of alkyl halides is 5. The van der Waals surface area contributed by atoms with Crippen LogP contribution in [0.3, 0.4) is 0 Å². The first-order valence-electron chi connectivity index (χ1n) is 15.6. The molecule has 0 spiro atoms. The average Bonchev–Trinajstić information content (AvgIpc) is 3.20. The Kier molecular flexibility index (Phi) is 10.8. The highest BCUT2D eigenvalue weighted by Gasteiger charge is 2.57. The van der Waals surface area contributed by atoms with E-state index < -0.39 is 35.7 Å². The van der Waals surface area contributed by atoms with Gasteiger partial charge in [-0.2, -0.15) is 22.0 Å². The van der Waals surface area contributed by atoms with Gasteiger partial charge in [0.05, 0.1) is 6.10 Å². The first-order chi connectivity index (χ1) is 19.3. The number of rotatable bonds is 14. The minimum absolute atomic E-state index is 0.0195. The number of halogens is 5. The maximum absolute atomic E-state index is 13.0. The molecule has 1 aromatic carbocycles. The van der Waals surface area contributed by atoms with Crippen LogP contribution < -0.4 is 0 Å². The zero-order valence-electron chi connectivity index (χ0n) is 24.2. The van der Waals surface area contributed by atoms with Crippen molar-refractivity contribution in [1.82, 2.24) is 0 Å². The van der Waals surface area contributed by atoms with Crippen molar-refractivity contribution in [2.75, 3.05) is 11.5 Å². The van der Waals surface area contributed by atoms with Crippen LogP contribution in [0.15, 0.2) is 18.2 Å². The van der Waals surface area contributed by atoms with Gasteiger partial charge in [0.15, 0.2) is 0 Å². The van der Waals surface area contributed by atoms with E-state index in [-0.39, 0.29) is 17.3 Å². The van der Waals surface area contributed by atoms with E-state index in [1.54, 1.807) is 0 Å². The lowest BCUT2D eigenvalue weighted by molar-refractivity contribution is -0.284. The van der Waals surface area contributed by atoms with Gasteiger partial charge in [-0.1, -0.05) is 51.5 Å². The van der Waals surface area contributed by atoms with E-state index in [2.05, 4.69) is 13.0 Å². The Morgan fingerprint density at radius 1 is 0.927 bits per heavy atom. The van der Waals surface area contributed by atoms with Gasteiger partial charge in [-0.3, -0.25) is 4.21 Å². The summed E-state index contributed by atoms with van der Waals surface area (Å²) < 4.78 is 74.5. The number of hydrogen-bond donors (Lipinski definition) is 2. The Morgan fingerprint density at radius 3 is 2.29 bits per heavy atom. The van der Waals surface area contributed by atoms with Gasteiger partial charge in [0.2, 0.25) is 0 Å². The molecule has 3 nitrogen and oxygen atoms in total. The van der Waals surface area contributed by atoms with E-state index >= 15 is 0 Å². The fourth-order valence-electron chi connectivity index (χ4n) is 8.28. The number of hydrogen-bond acceptors (Lipinski definition) is 3. The van der Waals surface area contributed by atoms with Crippen LogP contribution in [-0.4, -0.2) is 44.1 Å². The van der Waals surface area contributed by atoms with Crippen molar-refractivity contribution in [1.29, 1.82) is 0 Å². The van der Waals surface area contributed by atoms with Gasteiger partial charge in [0.1, 0.15) is 5.75 Å². The topological polar surface area (TPSA) is 57.5 Å². The summed E-state index contributed by atoms with van der Waals surface area (Å²) in [4.78, 5) is 0.